The van der Waals surface area contributed by atoms with Crippen LogP contribution >= 0.6 is 0 Å². The zero-order valence-electron chi connectivity index (χ0n) is 13.0. The second kappa shape index (κ2) is 14.3. The third-order valence-electron chi connectivity index (χ3n) is 2.55. The number of amides is 1. The van der Waals surface area contributed by atoms with Crippen molar-refractivity contribution in [3.8, 4) is 0 Å². The number of hydrogen-bond acceptors (Lipinski definition) is 3. The third kappa shape index (κ3) is 9.28. The van der Waals surface area contributed by atoms with Crippen molar-refractivity contribution in [1.29, 1.82) is 0 Å². The van der Waals surface area contributed by atoms with Crippen molar-refractivity contribution in [3.63, 3.8) is 0 Å². The number of likely N-dealkylation sites (tertiary alicyclic amines) is 1. The fourth-order valence-corrected chi connectivity index (χ4v) is 1.49. The fourth-order valence-electron chi connectivity index (χ4n) is 1.49. The minimum Gasteiger partial charge on any atom is -0.447 e. The molecule has 0 aliphatic carbocycles. The smallest absolute Gasteiger partial charge is 0.409 e. The topological polar surface area (TPSA) is 38.8 Å². The molecule has 1 rings (SSSR count). The maximum Gasteiger partial charge on any atom is 0.409 e. The van der Waals surface area contributed by atoms with Crippen molar-refractivity contribution in [1.82, 2.24) is 4.90 Å². The van der Waals surface area contributed by atoms with E-state index in [9.17, 15) is 4.79 Å². The Balaban J connectivity index is 0. The summed E-state index contributed by atoms with van der Waals surface area (Å²) in [4.78, 5) is 13.2. The lowest BCUT2D eigenvalue weighted by Crippen LogP contribution is -2.38. The molecule has 0 unspecified atom stereocenters. The van der Waals surface area contributed by atoms with E-state index < -0.39 is 0 Å². The number of carbonyl (C=O) groups is 1. The third-order valence-corrected chi connectivity index (χ3v) is 2.55. The monoisotopic (exact) mass is 261 g/mol. The number of hydrogen-bond donors (Lipinski definition) is 0. The fraction of sp³-hybridized carbons (Fsp3) is 0.929. The number of carbonyl (C=O) groups excluding carboxylic acids is 1. The van der Waals surface area contributed by atoms with E-state index in [0.29, 0.717) is 13.2 Å². The van der Waals surface area contributed by atoms with Gasteiger partial charge >= 0.3 is 6.09 Å². The van der Waals surface area contributed by atoms with Gasteiger partial charge in [-0.3, -0.25) is 0 Å². The number of ether oxygens (including phenoxy) is 2. The molecule has 0 bridgehead atoms. The van der Waals surface area contributed by atoms with Crippen LogP contribution in [0.5, 0.6) is 0 Å². The van der Waals surface area contributed by atoms with Crippen LogP contribution in [0.15, 0.2) is 0 Å². The lowest BCUT2D eigenvalue weighted by molar-refractivity contribution is 0.0638. The van der Waals surface area contributed by atoms with E-state index in [4.69, 9.17) is 9.47 Å². The van der Waals surface area contributed by atoms with Gasteiger partial charge in [-0.2, -0.15) is 0 Å². The summed E-state index contributed by atoms with van der Waals surface area (Å²) in [6.45, 7) is 12.7. The Morgan fingerprint density at radius 2 is 1.61 bits per heavy atom. The maximum atomic E-state index is 11.4. The molecule has 1 aliphatic rings. The highest BCUT2D eigenvalue weighted by molar-refractivity contribution is 5.67. The summed E-state index contributed by atoms with van der Waals surface area (Å²) in [5, 5.41) is 0. The van der Waals surface area contributed by atoms with Gasteiger partial charge in [0.2, 0.25) is 0 Å². The van der Waals surface area contributed by atoms with Crippen molar-refractivity contribution < 1.29 is 14.3 Å². The molecular formula is C14H31NO3. The van der Waals surface area contributed by atoms with Crippen LogP contribution in [0.3, 0.4) is 0 Å². The number of piperidine rings is 1. The van der Waals surface area contributed by atoms with Gasteiger partial charge in [-0.15, -0.1) is 0 Å². The molecule has 0 aromatic heterocycles. The lowest BCUT2D eigenvalue weighted by Gasteiger charge is -2.29. The average Bonchev–Trinajstić information content (AvgIpc) is 2.44. The highest BCUT2D eigenvalue weighted by Gasteiger charge is 2.20. The summed E-state index contributed by atoms with van der Waals surface area (Å²) < 4.78 is 9.82. The molecule has 4 heteroatoms. The molecule has 0 spiro atoms. The second-order valence-corrected chi connectivity index (χ2v) is 3.78. The first kappa shape index (κ1) is 19.6. The van der Waals surface area contributed by atoms with E-state index in [1.165, 1.54) is 0 Å². The first-order valence-corrected chi connectivity index (χ1v) is 7.14. The van der Waals surface area contributed by atoms with E-state index in [-0.39, 0.29) is 6.09 Å². The van der Waals surface area contributed by atoms with Gasteiger partial charge in [0, 0.05) is 20.2 Å². The minimum atomic E-state index is -0.200. The number of nitrogens with zero attached hydrogens (tertiary/aromatic N) is 1. The maximum absolute atomic E-state index is 11.4. The van der Waals surface area contributed by atoms with Gasteiger partial charge in [0.15, 0.2) is 0 Å². The summed E-state index contributed by atoms with van der Waals surface area (Å²) in [6, 6.07) is 0. The molecule has 18 heavy (non-hydrogen) atoms. The highest BCUT2D eigenvalue weighted by atomic mass is 16.6. The van der Waals surface area contributed by atoms with Gasteiger partial charge < -0.3 is 14.4 Å². The summed E-state index contributed by atoms with van der Waals surface area (Å²) >= 11 is 0. The van der Waals surface area contributed by atoms with Gasteiger partial charge in [0.05, 0.1) is 6.61 Å². The Morgan fingerprint density at radius 3 is 2.06 bits per heavy atom. The van der Waals surface area contributed by atoms with Crippen molar-refractivity contribution in [2.24, 2.45) is 5.92 Å². The summed E-state index contributed by atoms with van der Waals surface area (Å²) in [7, 11) is 1.59. The standard InChI is InChI=1S/C10H19NO3.2C2H6/c1-9-3-5-11(6-4-9)10(12)14-8-7-13-2;2*1-2/h9H,3-8H2,1-2H3;2*1-2H3. The van der Waals surface area contributed by atoms with E-state index >= 15 is 0 Å². The number of methoxy groups -OCH3 is 1. The largest absolute Gasteiger partial charge is 0.447 e. The molecule has 1 fully saturated rings. The number of rotatable bonds is 3. The molecule has 0 atom stereocenters. The lowest BCUT2D eigenvalue weighted by atomic mass is 10.00. The quantitative estimate of drug-likeness (QED) is 0.729. The minimum absolute atomic E-state index is 0.200. The van der Waals surface area contributed by atoms with E-state index in [0.717, 1.165) is 31.8 Å². The molecule has 4 nitrogen and oxygen atoms in total. The summed E-state index contributed by atoms with van der Waals surface area (Å²) in [5.74, 6) is 0.734. The summed E-state index contributed by atoms with van der Waals surface area (Å²) in [5.41, 5.74) is 0. The molecule has 1 aliphatic heterocycles. The van der Waals surface area contributed by atoms with Gasteiger partial charge in [0.1, 0.15) is 6.61 Å². The molecule has 1 heterocycles. The van der Waals surface area contributed by atoms with E-state index in [2.05, 4.69) is 6.92 Å². The van der Waals surface area contributed by atoms with Crippen LogP contribution in [0, 0.1) is 5.92 Å². The zero-order valence-corrected chi connectivity index (χ0v) is 13.0. The zero-order chi connectivity index (χ0) is 14.4. The van der Waals surface area contributed by atoms with Crippen LogP contribution in [-0.4, -0.2) is 44.4 Å². The summed E-state index contributed by atoms with van der Waals surface area (Å²) in [6.07, 6.45) is 1.97. The molecule has 0 radical (unpaired) electrons. The first-order chi connectivity index (χ1) is 8.74. The molecule has 1 saturated heterocycles. The predicted octanol–water partition coefficient (Wildman–Crippen LogP) is 3.55. The Kier molecular flexibility index (Phi) is 15.5. The Bertz CT molecular complexity index is 178. The van der Waals surface area contributed by atoms with Crippen molar-refractivity contribution in [2.45, 2.75) is 47.5 Å². The molecule has 0 aromatic rings. The average molecular weight is 261 g/mol. The van der Waals surface area contributed by atoms with Crippen LogP contribution in [-0.2, 0) is 9.47 Å². The Labute approximate surface area is 113 Å². The van der Waals surface area contributed by atoms with Crippen LogP contribution in [0.4, 0.5) is 4.79 Å². The van der Waals surface area contributed by atoms with Gasteiger partial charge in [-0.1, -0.05) is 34.6 Å². The van der Waals surface area contributed by atoms with Crippen LogP contribution < -0.4 is 0 Å². The van der Waals surface area contributed by atoms with Crippen molar-refractivity contribution >= 4 is 6.09 Å². The van der Waals surface area contributed by atoms with Gasteiger partial charge in [-0.25, -0.2) is 4.79 Å². The van der Waals surface area contributed by atoms with Crippen molar-refractivity contribution in [2.75, 3.05) is 33.4 Å². The van der Waals surface area contributed by atoms with E-state index in [1.807, 2.05) is 27.7 Å². The Hall–Kier alpha value is -0.770. The van der Waals surface area contributed by atoms with Gasteiger partial charge in [0.25, 0.3) is 0 Å². The van der Waals surface area contributed by atoms with Crippen LogP contribution in [0.2, 0.25) is 0 Å². The first-order valence-electron chi connectivity index (χ1n) is 7.14. The molecular weight excluding hydrogens is 230 g/mol. The van der Waals surface area contributed by atoms with Crippen LogP contribution in [0.1, 0.15) is 47.5 Å². The van der Waals surface area contributed by atoms with Crippen molar-refractivity contribution in [3.05, 3.63) is 0 Å². The molecule has 0 saturated carbocycles. The molecule has 1 amide bonds. The van der Waals surface area contributed by atoms with E-state index in [1.54, 1.807) is 12.0 Å². The van der Waals surface area contributed by atoms with Crippen LogP contribution in [0.25, 0.3) is 0 Å². The normalized spacial score (nSPS) is 14.9. The van der Waals surface area contributed by atoms with Gasteiger partial charge in [-0.05, 0) is 18.8 Å². The highest BCUT2D eigenvalue weighted by Crippen LogP contribution is 2.16. The molecule has 0 aromatic carbocycles. The molecule has 110 valence electrons. The second-order valence-electron chi connectivity index (χ2n) is 3.78. The SMILES string of the molecule is CC.CC.COCCOC(=O)N1CCC(C)CC1. The Morgan fingerprint density at radius 1 is 1.11 bits per heavy atom. The predicted molar refractivity (Wildman–Crippen MR) is 75.9 cm³/mol. The molecule has 0 N–H and O–H groups in total.